The minimum atomic E-state index is -0.309. The van der Waals surface area contributed by atoms with Crippen LogP contribution in [0.15, 0.2) is 30.5 Å². The number of hydrogen-bond acceptors (Lipinski definition) is 5. The Balaban J connectivity index is 1.71. The van der Waals surface area contributed by atoms with Gasteiger partial charge >= 0.3 is 6.03 Å². The molecular formula is C20H28N6O. The van der Waals surface area contributed by atoms with Crippen molar-refractivity contribution in [1.82, 2.24) is 9.97 Å². The fourth-order valence-corrected chi connectivity index (χ4v) is 3.15. The summed E-state index contributed by atoms with van der Waals surface area (Å²) in [6, 6.07) is 7.52. The van der Waals surface area contributed by atoms with E-state index in [4.69, 9.17) is 0 Å². The van der Waals surface area contributed by atoms with Gasteiger partial charge in [-0.1, -0.05) is 19.1 Å². The van der Waals surface area contributed by atoms with Crippen molar-refractivity contribution >= 4 is 29.2 Å². The molecule has 0 bridgehead atoms. The van der Waals surface area contributed by atoms with Crippen LogP contribution in [0.1, 0.15) is 31.7 Å². The molecule has 144 valence electrons. The number of benzene rings is 1. The van der Waals surface area contributed by atoms with Gasteiger partial charge < -0.3 is 20.4 Å². The molecule has 0 spiro atoms. The van der Waals surface area contributed by atoms with Gasteiger partial charge in [0.2, 0.25) is 5.95 Å². The summed E-state index contributed by atoms with van der Waals surface area (Å²) < 4.78 is 0. The van der Waals surface area contributed by atoms with Crippen molar-refractivity contribution in [3.8, 4) is 0 Å². The summed E-state index contributed by atoms with van der Waals surface area (Å²) in [5.41, 5.74) is 2.57. The standard InChI is InChI=1S/C20H28N6O/c1-4-15-8-10-16(11-9-15)22-20(27)23-17-14-21-19(24-18(17)25(2)3)26-12-6-5-7-13-26/h8-11,14H,4-7,12-13H2,1-3H3,(H2,22,23,27). The molecule has 27 heavy (non-hydrogen) atoms. The first-order valence-electron chi connectivity index (χ1n) is 9.53. The number of aromatic nitrogens is 2. The molecule has 1 aromatic heterocycles. The quantitative estimate of drug-likeness (QED) is 0.841. The number of nitrogens with one attached hydrogen (secondary N) is 2. The zero-order valence-electron chi connectivity index (χ0n) is 16.3. The number of nitrogens with zero attached hydrogens (tertiary/aromatic N) is 4. The van der Waals surface area contributed by atoms with E-state index >= 15 is 0 Å². The second-order valence-corrected chi connectivity index (χ2v) is 6.98. The van der Waals surface area contributed by atoms with E-state index in [1.165, 1.54) is 24.8 Å². The Morgan fingerprint density at radius 2 is 1.81 bits per heavy atom. The Bertz CT molecular complexity index is 769. The monoisotopic (exact) mass is 368 g/mol. The molecule has 7 heteroatoms. The van der Waals surface area contributed by atoms with Gasteiger partial charge in [0, 0.05) is 32.9 Å². The summed E-state index contributed by atoms with van der Waals surface area (Å²) in [5.74, 6) is 1.42. The molecule has 0 radical (unpaired) electrons. The van der Waals surface area contributed by atoms with Crippen LogP contribution in [0, 0.1) is 0 Å². The lowest BCUT2D eigenvalue weighted by molar-refractivity contribution is 0.262. The Kier molecular flexibility index (Phi) is 6.11. The van der Waals surface area contributed by atoms with Crippen molar-refractivity contribution in [2.75, 3.05) is 47.6 Å². The number of aryl methyl sites for hydroxylation is 1. The molecule has 2 aromatic rings. The topological polar surface area (TPSA) is 73.4 Å². The first-order chi connectivity index (χ1) is 13.1. The number of carbonyl (C=O) groups excluding carboxylic acids is 1. The highest BCUT2D eigenvalue weighted by Crippen LogP contribution is 2.25. The van der Waals surface area contributed by atoms with Crippen molar-refractivity contribution in [3.05, 3.63) is 36.0 Å². The molecule has 1 saturated heterocycles. The van der Waals surface area contributed by atoms with E-state index in [2.05, 4.69) is 32.4 Å². The van der Waals surface area contributed by atoms with Crippen LogP contribution in [0.4, 0.5) is 27.9 Å². The molecule has 2 amide bonds. The van der Waals surface area contributed by atoms with Gasteiger partial charge in [-0.25, -0.2) is 9.78 Å². The summed E-state index contributed by atoms with van der Waals surface area (Å²) in [5, 5.41) is 5.72. The van der Waals surface area contributed by atoms with Crippen molar-refractivity contribution in [1.29, 1.82) is 0 Å². The third kappa shape index (κ3) is 4.87. The van der Waals surface area contributed by atoms with Gasteiger partial charge in [0.15, 0.2) is 5.82 Å². The molecule has 2 N–H and O–H groups in total. The smallest absolute Gasteiger partial charge is 0.323 e. The maximum Gasteiger partial charge on any atom is 0.323 e. The third-order valence-electron chi connectivity index (χ3n) is 4.69. The minimum absolute atomic E-state index is 0.309. The molecule has 7 nitrogen and oxygen atoms in total. The zero-order chi connectivity index (χ0) is 19.2. The molecule has 1 aliphatic heterocycles. The molecule has 2 heterocycles. The maximum absolute atomic E-state index is 12.4. The fourth-order valence-electron chi connectivity index (χ4n) is 3.15. The fraction of sp³-hybridized carbons (Fsp3) is 0.450. The number of amides is 2. The SMILES string of the molecule is CCc1ccc(NC(=O)Nc2cnc(N3CCCCC3)nc2N(C)C)cc1. The number of urea groups is 1. The van der Waals surface area contributed by atoms with E-state index in [0.29, 0.717) is 11.5 Å². The van der Waals surface area contributed by atoms with Gasteiger partial charge in [-0.2, -0.15) is 4.98 Å². The van der Waals surface area contributed by atoms with Crippen LogP contribution in [-0.2, 0) is 6.42 Å². The normalized spacial score (nSPS) is 14.0. The first kappa shape index (κ1) is 18.9. The van der Waals surface area contributed by atoms with Crippen molar-refractivity contribution in [2.24, 2.45) is 0 Å². The summed E-state index contributed by atoms with van der Waals surface area (Å²) in [6.07, 6.45) is 6.25. The molecule has 0 atom stereocenters. The van der Waals surface area contributed by atoms with E-state index in [-0.39, 0.29) is 6.03 Å². The Labute approximate surface area is 160 Å². The van der Waals surface area contributed by atoms with Crippen molar-refractivity contribution in [2.45, 2.75) is 32.6 Å². The number of piperidine rings is 1. The molecule has 1 aromatic carbocycles. The van der Waals surface area contributed by atoms with Gasteiger partial charge in [-0.3, -0.25) is 0 Å². The summed E-state index contributed by atoms with van der Waals surface area (Å²) in [7, 11) is 3.82. The van der Waals surface area contributed by atoms with E-state index in [0.717, 1.165) is 31.1 Å². The highest BCUT2D eigenvalue weighted by atomic mass is 16.2. The molecule has 0 aliphatic carbocycles. The molecule has 1 fully saturated rings. The van der Waals surface area contributed by atoms with E-state index in [9.17, 15) is 4.79 Å². The van der Waals surface area contributed by atoms with E-state index in [1.807, 2.05) is 43.3 Å². The molecular weight excluding hydrogens is 340 g/mol. The molecule has 1 aliphatic rings. The Morgan fingerprint density at radius 3 is 2.44 bits per heavy atom. The van der Waals surface area contributed by atoms with Crippen LogP contribution in [0.25, 0.3) is 0 Å². The summed E-state index contributed by atoms with van der Waals surface area (Å²) in [6.45, 7) is 4.06. The third-order valence-corrected chi connectivity index (χ3v) is 4.69. The minimum Gasteiger partial charge on any atom is -0.361 e. The van der Waals surface area contributed by atoms with Crippen LogP contribution in [-0.4, -0.2) is 43.2 Å². The Morgan fingerprint density at radius 1 is 1.11 bits per heavy atom. The van der Waals surface area contributed by atoms with Gasteiger partial charge in [0.05, 0.1) is 6.20 Å². The lowest BCUT2D eigenvalue weighted by Gasteiger charge is -2.28. The second kappa shape index (κ2) is 8.70. The van der Waals surface area contributed by atoms with Crippen LogP contribution < -0.4 is 20.4 Å². The first-order valence-corrected chi connectivity index (χ1v) is 9.53. The van der Waals surface area contributed by atoms with Crippen LogP contribution >= 0.6 is 0 Å². The van der Waals surface area contributed by atoms with E-state index in [1.54, 1.807) is 6.20 Å². The van der Waals surface area contributed by atoms with Gasteiger partial charge in [0.1, 0.15) is 5.69 Å². The lowest BCUT2D eigenvalue weighted by atomic mass is 10.1. The maximum atomic E-state index is 12.4. The summed E-state index contributed by atoms with van der Waals surface area (Å²) >= 11 is 0. The highest BCUT2D eigenvalue weighted by molar-refractivity contribution is 6.01. The van der Waals surface area contributed by atoms with Gasteiger partial charge in [-0.15, -0.1) is 0 Å². The predicted octanol–water partition coefficient (Wildman–Crippen LogP) is 3.74. The van der Waals surface area contributed by atoms with Crippen LogP contribution in [0.5, 0.6) is 0 Å². The van der Waals surface area contributed by atoms with Crippen molar-refractivity contribution in [3.63, 3.8) is 0 Å². The van der Waals surface area contributed by atoms with Crippen LogP contribution in [0.2, 0.25) is 0 Å². The van der Waals surface area contributed by atoms with Crippen molar-refractivity contribution < 1.29 is 4.79 Å². The average molecular weight is 368 g/mol. The molecule has 0 unspecified atom stereocenters. The number of hydrogen-bond donors (Lipinski definition) is 2. The van der Waals surface area contributed by atoms with Gasteiger partial charge in [0.25, 0.3) is 0 Å². The van der Waals surface area contributed by atoms with Gasteiger partial charge in [-0.05, 0) is 43.4 Å². The van der Waals surface area contributed by atoms with Crippen LogP contribution in [0.3, 0.4) is 0 Å². The largest absolute Gasteiger partial charge is 0.361 e. The predicted molar refractivity (Wildman–Crippen MR) is 111 cm³/mol. The molecule has 0 saturated carbocycles. The number of anilines is 4. The molecule has 3 rings (SSSR count). The average Bonchev–Trinajstić information content (AvgIpc) is 2.69. The van der Waals surface area contributed by atoms with E-state index < -0.39 is 0 Å². The highest BCUT2D eigenvalue weighted by Gasteiger charge is 2.17. The second-order valence-electron chi connectivity index (χ2n) is 6.98. The summed E-state index contributed by atoms with van der Waals surface area (Å²) in [4.78, 5) is 25.6. The lowest BCUT2D eigenvalue weighted by Crippen LogP contribution is -2.31. The number of carbonyl (C=O) groups is 1. The zero-order valence-corrected chi connectivity index (χ0v) is 16.3. The number of rotatable bonds is 5. The Hall–Kier alpha value is -2.83.